The average molecular weight is 392 g/mol. The van der Waals surface area contributed by atoms with E-state index in [1.165, 1.54) is 0 Å². The van der Waals surface area contributed by atoms with Crippen molar-refractivity contribution < 1.29 is 23.8 Å². The normalized spacial score (nSPS) is 10.4. The molecule has 0 atom stereocenters. The molecule has 0 saturated carbocycles. The standard InChI is InChI=1S/C20H22ClNO5/c1-14(2)27-17-8-6-15(7-9-17)20(24)22-13-19(23)26-11-10-25-18-5-3-4-16(21)12-18/h3-9,12,14H,10-11,13H2,1-2H3,(H,22,24). The average Bonchev–Trinajstić information content (AvgIpc) is 2.63. The van der Waals surface area contributed by atoms with Crippen LogP contribution in [-0.2, 0) is 9.53 Å². The van der Waals surface area contributed by atoms with Crippen LogP contribution in [0.25, 0.3) is 0 Å². The lowest BCUT2D eigenvalue weighted by molar-refractivity contribution is -0.143. The maximum atomic E-state index is 12.0. The number of rotatable bonds is 9. The van der Waals surface area contributed by atoms with E-state index in [9.17, 15) is 9.59 Å². The summed E-state index contributed by atoms with van der Waals surface area (Å²) < 4.78 is 15.9. The highest BCUT2D eigenvalue weighted by Crippen LogP contribution is 2.17. The molecule has 1 N–H and O–H groups in total. The van der Waals surface area contributed by atoms with Crippen LogP contribution >= 0.6 is 11.6 Å². The van der Waals surface area contributed by atoms with E-state index < -0.39 is 5.97 Å². The molecule has 27 heavy (non-hydrogen) atoms. The van der Waals surface area contributed by atoms with Gasteiger partial charge in [0.05, 0.1) is 6.10 Å². The summed E-state index contributed by atoms with van der Waals surface area (Å²) in [6.07, 6.45) is 0.0577. The lowest BCUT2D eigenvalue weighted by Crippen LogP contribution is -2.31. The summed E-state index contributed by atoms with van der Waals surface area (Å²) in [5.41, 5.74) is 0.434. The van der Waals surface area contributed by atoms with Gasteiger partial charge in [-0.25, -0.2) is 0 Å². The zero-order chi connectivity index (χ0) is 19.6. The number of carbonyl (C=O) groups is 2. The van der Waals surface area contributed by atoms with Gasteiger partial charge in [0, 0.05) is 10.6 Å². The Kier molecular flexibility index (Phi) is 7.95. The van der Waals surface area contributed by atoms with Crippen molar-refractivity contribution in [3.8, 4) is 11.5 Å². The minimum Gasteiger partial charge on any atom is -0.491 e. The van der Waals surface area contributed by atoms with Crippen molar-refractivity contribution in [1.29, 1.82) is 0 Å². The topological polar surface area (TPSA) is 73.9 Å². The van der Waals surface area contributed by atoms with E-state index in [0.717, 1.165) is 0 Å². The number of hydrogen-bond donors (Lipinski definition) is 1. The molecule has 144 valence electrons. The number of carbonyl (C=O) groups excluding carboxylic acids is 2. The molecule has 0 spiro atoms. The molecule has 0 fully saturated rings. The summed E-state index contributed by atoms with van der Waals surface area (Å²) >= 11 is 5.85. The molecule has 0 heterocycles. The Morgan fingerprint density at radius 3 is 2.44 bits per heavy atom. The minimum atomic E-state index is -0.544. The molecule has 0 aliphatic heterocycles. The summed E-state index contributed by atoms with van der Waals surface area (Å²) in [7, 11) is 0. The van der Waals surface area contributed by atoms with Crippen LogP contribution in [0.2, 0.25) is 5.02 Å². The molecule has 0 radical (unpaired) electrons. The van der Waals surface area contributed by atoms with Crippen molar-refractivity contribution in [1.82, 2.24) is 5.32 Å². The highest BCUT2D eigenvalue weighted by molar-refractivity contribution is 6.30. The summed E-state index contributed by atoms with van der Waals surface area (Å²) in [6, 6.07) is 13.6. The van der Waals surface area contributed by atoms with Gasteiger partial charge in [0.25, 0.3) is 5.91 Å². The first-order valence-electron chi connectivity index (χ1n) is 8.53. The number of benzene rings is 2. The molecule has 0 aliphatic carbocycles. The van der Waals surface area contributed by atoms with Crippen LogP contribution < -0.4 is 14.8 Å². The van der Waals surface area contributed by atoms with Crippen LogP contribution in [0.3, 0.4) is 0 Å². The molecule has 2 aromatic rings. The molecule has 0 aliphatic rings. The van der Waals surface area contributed by atoms with Crippen LogP contribution in [0, 0.1) is 0 Å². The molecule has 1 amide bonds. The number of hydrogen-bond acceptors (Lipinski definition) is 5. The van der Waals surface area contributed by atoms with Crippen LogP contribution in [0.1, 0.15) is 24.2 Å². The molecule has 2 aromatic carbocycles. The van der Waals surface area contributed by atoms with Crippen molar-refractivity contribution >= 4 is 23.5 Å². The second-order valence-electron chi connectivity index (χ2n) is 5.90. The van der Waals surface area contributed by atoms with Crippen molar-refractivity contribution in [2.24, 2.45) is 0 Å². The van der Waals surface area contributed by atoms with Crippen molar-refractivity contribution in [2.75, 3.05) is 19.8 Å². The lowest BCUT2D eigenvalue weighted by Gasteiger charge is -2.10. The maximum absolute atomic E-state index is 12.0. The predicted molar refractivity (Wildman–Crippen MR) is 102 cm³/mol. The molecule has 6 nitrogen and oxygen atoms in total. The zero-order valence-corrected chi connectivity index (χ0v) is 16.0. The van der Waals surface area contributed by atoms with E-state index in [1.54, 1.807) is 48.5 Å². The van der Waals surface area contributed by atoms with E-state index in [0.29, 0.717) is 22.1 Å². The second-order valence-corrected chi connectivity index (χ2v) is 6.34. The highest BCUT2D eigenvalue weighted by atomic mass is 35.5. The van der Waals surface area contributed by atoms with Crippen molar-refractivity contribution in [2.45, 2.75) is 20.0 Å². The number of halogens is 1. The first-order valence-corrected chi connectivity index (χ1v) is 8.91. The Morgan fingerprint density at radius 2 is 1.78 bits per heavy atom. The third-order valence-corrected chi connectivity index (χ3v) is 3.53. The Balaban J connectivity index is 1.66. The van der Waals surface area contributed by atoms with Crippen molar-refractivity contribution in [3.05, 3.63) is 59.1 Å². The van der Waals surface area contributed by atoms with Gasteiger partial charge < -0.3 is 19.5 Å². The van der Waals surface area contributed by atoms with Gasteiger partial charge in [-0.05, 0) is 56.3 Å². The number of amides is 1. The van der Waals surface area contributed by atoms with Crippen LogP contribution in [-0.4, -0.2) is 37.7 Å². The van der Waals surface area contributed by atoms with Gasteiger partial charge in [0.15, 0.2) is 0 Å². The number of nitrogens with one attached hydrogen (secondary N) is 1. The monoisotopic (exact) mass is 391 g/mol. The lowest BCUT2D eigenvalue weighted by atomic mass is 10.2. The van der Waals surface area contributed by atoms with Gasteiger partial charge in [-0.1, -0.05) is 17.7 Å². The molecule has 0 unspecified atom stereocenters. The largest absolute Gasteiger partial charge is 0.491 e. The highest BCUT2D eigenvalue weighted by Gasteiger charge is 2.09. The third-order valence-electron chi connectivity index (χ3n) is 3.29. The van der Waals surface area contributed by atoms with Gasteiger partial charge >= 0.3 is 5.97 Å². The van der Waals surface area contributed by atoms with Gasteiger partial charge in [-0.15, -0.1) is 0 Å². The van der Waals surface area contributed by atoms with Gasteiger partial charge in [-0.2, -0.15) is 0 Å². The smallest absolute Gasteiger partial charge is 0.325 e. The number of ether oxygens (including phenoxy) is 3. The fourth-order valence-corrected chi connectivity index (χ4v) is 2.31. The zero-order valence-electron chi connectivity index (χ0n) is 15.2. The van der Waals surface area contributed by atoms with Gasteiger partial charge in [-0.3, -0.25) is 9.59 Å². The summed E-state index contributed by atoms with van der Waals surface area (Å²) in [5, 5.41) is 3.08. The molecule has 0 aromatic heterocycles. The SMILES string of the molecule is CC(C)Oc1ccc(C(=O)NCC(=O)OCCOc2cccc(Cl)c2)cc1. The van der Waals surface area contributed by atoms with Crippen molar-refractivity contribution in [3.63, 3.8) is 0 Å². The Labute approximate surface area is 163 Å². The predicted octanol–water partition coefficient (Wildman–Crippen LogP) is 3.48. The Morgan fingerprint density at radius 1 is 1.04 bits per heavy atom. The first kappa shape index (κ1) is 20.6. The molecular weight excluding hydrogens is 370 g/mol. The van der Waals surface area contributed by atoms with Crippen LogP contribution in [0.4, 0.5) is 0 Å². The summed E-state index contributed by atoms with van der Waals surface area (Å²) in [6.45, 7) is 3.89. The molecule has 0 bridgehead atoms. The first-order chi connectivity index (χ1) is 12.9. The van der Waals surface area contributed by atoms with E-state index in [4.69, 9.17) is 25.8 Å². The summed E-state index contributed by atoms with van der Waals surface area (Å²) in [5.74, 6) is 0.369. The fraction of sp³-hybridized carbons (Fsp3) is 0.300. The van der Waals surface area contributed by atoms with E-state index in [2.05, 4.69) is 5.32 Å². The van der Waals surface area contributed by atoms with Crippen LogP contribution in [0.15, 0.2) is 48.5 Å². The van der Waals surface area contributed by atoms with E-state index in [-0.39, 0.29) is 31.8 Å². The molecular formula is C20H22ClNO5. The number of esters is 1. The summed E-state index contributed by atoms with van der Waals surface area (Å²) in [4.78, 5) is 23.7. The second kappa shape index (κ2) is 10.4. The maximum Gasteiger partial charge on any atom is 0.325 e. The quantitative estimate of drug-likeness (QED) is 0.523. The van der Waals surface area contributed by atoms with E-state index in [1.807, 2.05) is 13.8 Å². The molecule has 2 rings (SSSR count). The molecule has 0 saturated heterocycles. The van der Waals surface area contributed by atoms with Crippen LogP contribution in [0.5, 0.6) is 11.5 Å². The third kappa shape index (κ3) is 7.58. The fourth-order valence-electron chi connectivity index (χ4n) is 2.13. The Hall–Kier alpha value is -2.73. The Bertz CT molecular complexity index is 761. The minimum absolute atomic E-state index is 0.0577. The van der Waals surface area contributed by atoms with Gasteiger partial charge in [0.1, 0.15) is 31.3 Å². The van der Waals surface area contributed by atoms with Gasteiger partial charge in [0.2, 0.25) is 0 Å². The van der Waals surface area contributed by atoms with E-state index >= 15 is 0 Å². The molecule has 7 heteroatoms.